The van der Waals surface area contributed by atoms with Gasteiger partial charge in [-0.25, -0.2) is 15.0 Å². The van der Waals surface area contributed by atoms with Crippen molar-refractivity contribution in [2.75, 3.05) is 0 Å². The maximum atomic E-state index is 14.1. The summed E-state index contributed by atoms with van der Waals surface area (Å²) in [5, 5.41) is 1.17. The van der Waals surface area contributed by atoms with Crippen LogP contribution in [-0.4, -0.2) is 19.5 Å². The van der Waals surface area contributed by atoms with Crippen LogP contribution in [0.5, 0.6) is 0 Å². The SMILES string of the molecule is FC(F)(F)c1cccc(-c2ccc(-n3c4ccccc4c4cc(-c5cc(C(F)(F)F)cc(C(F)(F)F)c5)ccc43)cc2-c2nc(-c3ccccc3)nc(-c3ccccc3)n2)c1. The molecule has 2 heterocycles. The van der Waals surface area contributed by atoms with E-state index in [1.807, 2.05) is 71.3 Å². The highest BCUT2D eigenvalue weighted by Gasteiger charge is 2.37. The third kappa shape index (κ3) is 7.58. The van der Waals surface area contributed by atoms with Gasteiger partial charge in [0.1, 0.15) is 0 Å². The molecule has 0 aliphatic carbocycles. The van der Waals surface area contributed by atoms with Gasteiger partial charge in [-0.05, 0) is 82.9 Å². The normalized spacial score (nSPS) is 12.3. The Bertz CT molecular complexity index is 3010. The first kappa shape index (κ1) is 39.2. The third-order valence-corrected chi connectivity index (χ3v) is 10.3. The van der Waals surface area contributed by atoms with Crippen molar-refractivity contribution >= 4 is 21.8 Å². The molecule has 0 saturated heterocycles. The molecule has 61 heavy (non-hydrogen) atoms. The number of halogens is 9. The minimum atomic E-state index is -5.03. The molecule has 0 aliphatic rings. The molecule has 0 radical (unpaired) electrons. The van der Waals surface area contributed by atoms with Crippen LogP contribution in [0.4, 0.5) is 39.5 Å². The fraction of sp³-hybridized carbons (Fsp3) is 0.0625. The van der Waals surface area contributed by atoms with Crippen molar-refractivity contribution in [1.29, 1.82) is 0 Å². The Morgan fingerprint density at radius 1 is 0.328 bits per heavy atom. The molecule has 9 aromatic rings. The van der Waals surface area contributed by atoms with E-state index in [1.54, 1.807) is 54.6 Å². The maximum absolute atomic E-state index is 14.1. The maximum Gasteiger partial charge on any atom is 0.416 e. The number of rotatable bonds is 6. The van der Waals surface area contributed by atoms with Crippen LogP contribution in [-0.2, 0) is 18.5 Å². The van der Waals surface area contributed by atoms with E-state index in [-0.39, 0.29) is 28.6 Å². The van der Waals surface area contributed by atoms with E-state index in [4.69, 9.17) is 15.0 Å². The average Bonchev–Trinajstić information content (AvgIpc) is 3.59. The van der Waals surface area contributed by atoms with Crippen molar-refractivity contribution in [2.24, 2.45) is 0 Å². The van der Waals surface area contributed by atoms with E-state index < -0.39 is 35.2 Å². The van der Waals surface area contributed by atoms with E-state index in [0.717, 1.165) is 12.1 Å². The molecule has 0 aliphatic heterocycles. The van der Waals surface area contributed by atoms with Crippen LogP contribution in [0, 0.1) is 0 Å². The second-order valence-corrected chi connectivity index (χ2v) is 14.2. The molecule has 0 N–H and O–H groups in total. The van der Waals surface area contributed by atoms with Gasteiger partial charge in [-0.1, -0.05) is 103 Å². The highest BCUT2D eigenvalue weighted by atomic mass is 19.4. The van der Waals surface area contributed by atoms with Crippen molar-refractivity contribution in [3.8, 4) is 62.1 Å². The van der Waals surface area contributed by atoms with Crippen molar-refractivity contribution in [1.82, 2.24) is 19.5 Å². The van der Waals surface area contributed by atoms with Crippen molar-refractivity contribution in [3.05, 3.63) is 180 Å². The molecular formula is C48H27F9N4. The van der Waals surface area contributed by atoms with Gasteiger partial charge in [0, 0.05) is 33.2 Å². The summed E-state index contributed by atoms with van der Waals surface area (Å²) in [6.45, 7) is 0. The Hall–Kier alpha value is -7.28. The minimum absolute atomic E-state index is 0.0899. The van der Waals surface area contributed by atoms with Crippen molar-refractivity contribution in [2.45, 2.75) is 18.5 Å². The van der Waals surface area contributed by atoms with Crippen LogP contribution in [0.25, 0.3) is 83.9 Å². The quantitative estimate of drug-likeness (QED) is 0.157. The fourth-order valence-electron chi connectivity index (χ4n) is 7.45. The van der Waals surface area contributed by atoms with E-state index in [2.05, 4.69) is 0 Å². The van der Waals surface area contributed by atoms with Crippen molar-refractivity contribution in [3.63, 3.8) is 0 Å². The van der Waals surface area contributed by atoms with Crippen LogP contribution in [0.1, 0.15) is 16.7 Å². The Kier molecular flexibility index (Phi) is 9.49. The first-order valence-corrected chi connectivity index (χ1v) is 18.6. The summed E-state index contributed by atoms with van der Waals surface area (Å²) in [5.41, 5.74) is 0.161. The number of aromatic nitrogens is 4. The zero-order valence-corrected chi connectivity index (χ0v) is 31.3. The summed E-state index contributed by atoms with van der Waals surface area (Å²) in [5.74, 6) is 0.796. The zero-order valence-electron chi connectivity index (χ0n) is 31.3. The first-order valence-electron chi connectivity index (χ1n) is 18.6. The molecule has 9 rings (SSSR count). The van der Waals surface area contributed by atoms with E-state index in [9.17, 15) is 39.5 Å². The van der Waals surface area contributed by atoms with Crippen LogP contribution < -0.4 is 0 Å². The van der Waals surface area contributed by atoms with Gasteiger partial charge in [0.2, 0.25) is 0 Å². The molecule has 0 unspecified atom stereocenters. The van der Waals surface area contributed by atoms with Gasteiger partial charge in [-0.3, -0.25) is 0 Å². The number of alkyl halides is 9. The Labute approximate surface area is 341 Å². The molecule has 2 aromatic heterocycles. The molecular weight excluding hydrogens is 804 g/mol. The van der Waals surface area contributed by atoms with Gasteiger partial charge in [0.05, 0.1) is 27.7 Å². The van der Waals surface area contributed by atoms with Gasteiger partial charge < -0.3 is 4.57 Å². The van der Waals surface area contributed by atoms with Crippen molar-refractivity contribution < 1.29 is 39.5 Å². The Morgan fingerprint density at radius 2 is 0.852 bits per heavy atom. The van der Waals surface area contributed by atoms with Gasteiger partial charge in [0.25, 0.3) is 0 Å². The molecule has 0 amide bonds. The topological polar surface area (TPSA) is 43.6 Å². The Balaban J connectivity index is 1.29. The number of hydrogen-bond acceptors (Lipinski definition) is 3. The lowest BCUT2D eigenvalue weighted by molar-refractivity contribution is -0.143. The highest BCUT2D eigenvalue weighted by Crippen LogP contribution is 2.42. The predicted molar refractivity (Wildman–Crippen MR) is 216 cm³/mol. The lowest BCUT2D eigenvalue weighted by Crippen LogP contribution is -2.11. The lowest BCUT2D eigenvalue weighted by atomic mass is 9.96. The molecule has 0 saturated carbocycles. The zero-order chi connectivity index (χ0) is 42.7. The number of benzene rings is 7. The number of nitrogens with zero attached hydrogens (tertiary/aromatic N) is 4. The molecule has 0 atom stereocenters. The van der Waals surface area contributed by atoms with Gasteiger partial charge in [0.15, 0.2) is 17.5 Å². The summed E-state index contributed by atoms with van der Waals surface area (Å²) >= 11 is 0. The molecule has 0 bridgehead atoms. The number of para-hydroxylation sites is 1. The van der Waals surface area contributed by atoms with Crippen LogP contribution >= 0.6 is 0 Å². The summed E-state index contributed by atoms with van der Waals surface area (Å²) in [6, 6.07) is 41.6. The predicted octanol–water partition coefficient (Wildman–Crippen LogP) is 14.4. The summed E-state index contributed by atoms with van der Waals surface area (Å²) in [4.78, 5) is 14.5. The minimum Gasteiger partial charge on any atom is -0.309 e. The average molecular weight is 831 g/mol. The first-order chi connectivity index (χ1) is 29.1. The lowest BCUT2D eigenvalue weighted by Gasteiger charge is -2.16. The van der Waals surface area contributed by atoms with E-state index >= 15 is 0 Å². The van der Waals surface area contributed by atoms with Gasteiger partial charge in [-0.2, -0.15) is 39.5 Å². The van der Waals surface area contributed by atoms with Crippen LogP contribution in [0.2, 0.25) is 0 Å². The smallest absolute Gasteiger partial charge is 0.309 e. The molecule has 13 heteroatoms. The van der Waals surface area contributed by atoms with Crippen LogP contribution in [0.3, 0.4) is 0 Å². The Morgan fingerprint density at radius 3 is 1.46 bits per heavy atom. The largest absolute Gasteiger partial charge is 0.416 e. The second kappa shape index (κ2) is 14.8. The molecule has 0 fully saturated rings. The number of fused-ring (bicyclic) bond motifs is 3. The standard InChI is InChI=1S/C48H27F9N4/c49-46(50,51)33-15-9-14-31(22-33)37-20-19-36(27-40(37)45-59-43(28-10-3-1-4-11-28)58-44(60-45)29-12-5-2-6-13-29)61-41-17-8-7-16-38(41)39-25-30(18-21-42(39)61)32-23-34(47(52,53)54)26-35(24-32)48(55,56)57/h1-27H. The highest BCUT2D eigenvalue weighted by molar-refractivity contribution is 6.10. The number of hydrogen-bond donors (Lipinski definition) is 0. The van der Waals surface area contributed by atoms with Gasteiger partial charge in [-0.15, -0.1) is 0 Å². The van der Waals surface area contributed by atoms with Crippen LogP contribution in [0.15, 0.2) is 164 Å². The summed E-state index contributed by atoms with van der Waals surface area (Å²) in [6.07, 6.45) is -14.7. The summed E-state index contributed by atoms with van der Waals surface area (Å²) in [7, 11) is 0. The summed E-state index contributed by atoms with van der Waals surface area (Å²) < 4.78 is 127. The molecule has 302 valence electrons. The van der Waals surface area contributed by atoms with Gasteiger partial charge >= 0.3 is 18.5 Å². The second-order valence-electron chi connectivity index (χ2n) is 14.2. The van der Waals surface area contributed by atoms with E-state index in [0.29, 0.717) is 73.5 Å². The molecule has 7 aromatic carbocycles. The van der Waals surface area contributed by atoms with E-state index in [1.165, 1.54) is 12.1 Å². The molecule has 0 spiro atoms. The third-order valence-electron chi connectivity index (χ3n) is 10.3. The monoisotopic (exact) mass is 830 g/mol. The fourth-order valence-corrected chi connectivity index (χ4v) is 7.45. The molecule has 4 nitrogen and oxygen atoms in total.